The zero-order valence-corrected chi connectivity index (χ0v) is 11.0. The molecule has 0 spiro atoms. The minimum Gasteiger partial charge on any atom is -0.421 e. The molecule has 3 aromatic rings. The number of aromatic amines is 1. The summed E-state index contributed by atoms with van der Waals surface area (Å²) in [6, 6.07) is 5.50. The van der Waals surface area contributed by atoms with Crippen molar-refractivity contribution in [1.82, 2.24) is 20.2 Å². The topological polar surface area (TPSA) is 80.8 Å². The van der Waals surface area contributed by atoms with Crippen molar-refractivity contribution in [1.29, 1.82) is 0 Å². The third kappa shape index (κ3) is 2.95. The van der Waals surface area contributed by atoms with Gasteiger partial charge in [0.2, 0.25) is 0 Å². The maximum Gasteiger partial charge on any atom is 0.322 e. The lowest BCUT2D eigenvalue weighted by molar-refractivity contribution is 0.407. The van der Waals surface area contributed by atoms with Gasteiger partial charge in [0, 0.05) is 30.1 Å². The summed E-state index contributed by atoms with van der Waals surface area (Å²) in [5, 5.41) is 6.10. The zero-order valence-electron chi connectivity index (χ0n) is 11.0. The quantitative estimate of drug-likeness (QED) is 0.803. The SMILES string of the molecule is O=c1ccc(-c2cnc(Oc3cc(F)ccc3F)nc2)n[nH]1. The first-order valence-corrected chi connectivity index (χ1v) is 6.13. The molecule has 0 amide bonds. The van der Waals surface area contributed by atoms with E-state index in [0.717, 1.165) is 18.2 Å². The fourth-order valence-electron chi connectivity index (χ4n) is 1.66. The Morgan fingerprint density at radius 1 is 1.05 bits per heavy atom. The van der Waals surface area contributed by atoms with Crippen LogP contribution in [0.15, 0.2) is 47.5 Å². The van der Waals surface area contributed by atoms with Gasteiger partial charge in [-0.15, -0.1) is 0 Å². The van der Waals surface area contributed by atoms with Crippen molar-refractivity contribution in [3.63, 3.8) is 0 Å². The second-order valence-electron chi connectivity index (χ2n) is 4.24. The molecule has 0 aliphatic heterocycles. The number of nitrogens with one attached hydrogen (secondary N) is 1. The number of nitrogens with zero attached hydrogens (tertiary/aromatic N) is 3. The highest BCUT2D eigenvalue weighted by atomic mass is 19.1. The molecule has 1 N–H and O–H groups in total. The highest BCUT2D eigenvalue weighted by molar-refractivity contribution is 5.55. The summed E-state index contributed by atoms with van der Waals surface area (Å²) in [5.41, 5.74) is 0.664. The molecular formula is C14H8F2N4O2. The van der Waals surface area contributed by atoms with Gasteiger partial charge in [-0.2, -0.15) is 5.10 Å². The number of ether oxygens (including phenoxy) is 1. The second-order valence-corrected chi connectivity index (χ2v) is 4.24. The minimum absolute atomic E-state index is 0.141. The molecule has 2 heterocycles. The Balaban J connectivity index is 1.83. The van der Waals surface area contributed by atoms with E-state index in [1.165, 1.54) is 24.5 Å². The van der Waals surface area contributed by atoms with E-state index < -0.39 is 11.6 Å². The summed E-state index contributed by atoms with van der Waals surface area (Å²) in [5.74, 6) is -1.67. The van der Waals surface area contributed by atoms with Gasteiger partial charge in [0.1, 0.15) is 5.82 Å². The Bertz CT molecular complexity index is 845. The predicted octanol–water partition coefficient (Wildman–Crippen LogP) is 2.30. The summed E-state index contributed by atoms with van der Waals surface area (Å²) in [6.07, 6.45) is 2.78. The molecule has 0 radical (unpaired) electrons. The molecule has 0 aliphatic carbocycles. The first kappa shape index (κ1) is 13.8. The molecule has 0 bridgehead atoms. The van der Waals surface area contributed by atoms with Gasteiger partial charge in [-0.1, -0.05) is 0 Å². The molecule has 0 saturated carbocycles. The van der Waals surface area contributed by atoms with Crippen LogP contribution in [0, 0.1) is 11.6 Å². The number of benzene rings is 1. The van der Waals surface area contributed by atoms with Gasteiger partial charge >= 0.3 is 6.01 Å². The van der Waals surface area contributed by atoms with Crippen molar-refractivity contribution < 1.29 is 13.5 Å². The molecular weight excluding hydrogens is 294 g/mol. The highest BCUT2D eigenvalue weighted by Crippen LogP contribution is 2.23. The number of aromatic nitrogens is 4. The summed E-state index contributed by atoms with van der Waals surface area (Å²) in [7, 11) is 0. The van der Waals surface area contributed by atoms with Gasteiger partial charge in [-0.05, 0) is 18.2 Å². The number of hydrogen-bond acceptors (Lipinski definition) is 5. The molecule has 0 fully saturated rings. The fraction of sp³-hybridized carbons (Fsp3) is 0. The Hall–Kier alpha value is -3.16. The van der Waals surface area contributed by atoms with Crippen LogP contribution >= 0.6 is 0 Å². The van der Waals surface area contributed by atoms with Crippen LogP contribution in [-0.2, 0) is 0 Å². The van der Waals surface area contributed by atoms with Crippen LogP contribution in [0.25, 0.3) is 11.3 Å². The molecule has 0 aliphatic rings. The molecule has 6 nitrogen and oxygen atoms in total. The van der Waals surface area contributed by atoms with E-state index in [1.807, 2.05) is 0 Å². The lowest BCUT2D eigenvalue weighted by atomic mass is 10.2. The van der Waals surface area contributed by atoms with Crippen molar-refractivity contribution in [2.45, 2.75) is 0 Å². The van der Waals surface area contributed by atoms with Crippen LogP contribution in [0.4, 0.5) is 8.78 Å². The van der Waals surface area contributed by atoms with Gasteiger partial charge in [0.15, 0.2) is 11.6 Å². The van der Waals surface area contributed by atoms with E-state index in [1.54, 1.807) is 0 Å². The van der Waals surface area contributed by atoms with Gasteiger partial charge < -0.3 is 4.74 Å². The number of halogens is 2. The zero-order chi connectivity index (χ0) is 15.5. The minimum atomic E-state index is -0.726. The molecule has 0 atom stereocenters. The van der Waals surface area contributed by atoms with Crippen LogP contribution in [0.5, 0.6) is 11.8 Å². The smallest absolute Gasteiger partial charge is 0.322 e. The summed E-state index contributed by atoms with van der Waals surface area (Å²) in [4.78, 5) is 18.7. The standard InChI is InChI=1S/C14H8F2N4O2/c15-9-1-2-10(16)12(5-9)22-14-17-6-8(7-18-14)11-3-4-13(21)20-19-11/h1-7H,(H,20,21). The Kier molecular flexibility index (Phi) is 3.57. The van der Waals surface area contributed by atoms with E-state index in [9.17, 15) is 13.6 Å². The van der Waals surface area contributed by atoms with Crippen LogP contribution in [0.1, 0.15) is 0 Å². The maximum absolute atomic E-state index is 13.4. The summed E-state index contributed by atoms with van der Waals surface area (Å²) in [6.45, 7) is 0. The highest BCUT2D eigenvalue weighted by Gasteiger charge is 2.09. The molecule has 110 valence electrons. The van der Waals surface area contributed by atoms with Crippen molar-refractivity contribution >= 4 is 0 Å². The van der Waals surface area contributed by atoms with Crippen LogP contribution < -0.4 is 10.3 Å². The summed E-state index contributed by atoms with van der Waals surface area (Å²) < 4.78 is 31.6. The molecule has 0 saturated heterocycles. The van der Waals surface area contributed by atoms with Crippen molar-refractivity contribution in [2.24, 2.45) is 0 Å². The van der Waals surface area contributed by atoms with Crippen LogP contribution in [0.2, 0.25) is 0 Å². The Morgan fingerprint density at radius 2 is 1.82 bits per heavy atom. The molecule has 0 unspecified atom stereocenters. The monoisotopic (exact) mass is 302 g/mol. The number of H-pyrrole nitrogens is 1. The van der Waals surface area contributed by atoms with Crippen LogP contribution in [-0.4, -0.2) is 20.2 Å². The van der Waals surface area contributed by atoms with Crippen molar-refractivity contribution in [3.8, 4) is 23.0 Å². The number of rotatable bonds is 3. The molecule has 8 heteroatoms. The van der Waals surface area contributed by atoms with E-state index in [0.29, 0.717) is 11.3 Å². The van der Waals surface area contributed by atoms with Gasteiger partial charge in [0.05, 0.1) is 5.69 Å². The first-order valence-electron chi connectivity index (χ1n) is 6.13. The van der Waals surface area contributed by atoms with Crippen molar-refractivity contribution in [3.05, 3.63) is 64.7 Å². The van der Waals surface area contributed by atoms with Crippen LogP contribution in [0.3, 0.4) is 0 Å². The average molecular weight is 302 g/mol. The third-order valence-electron chi connectivity index (χ3n) is 2.70. The second kappa shape index (κ2) is 5.68. The lowest BCUT2D eigenvalue weighted by Crippen LogP contribution is -2.05. The third-order valence-corrected chi connectivity index (χ3v) is 2.70. The molecule has 3 rings (SSSR count). The molecule has 2 aromatic heterocycles. The predicted molar refractivity (Wildman–Crippen MR) is 72.3 cm³/mol. The van der Waals surface area contributed by atoms with Gasteiger partial charge in [-0.25, -0.2) is 23.8 Å². The Morgan fingerprint density at radius 3 is 2.50 bits per heavy atom. The Labute approximate surface area is 122 Å². The number of hydrogen-bond donors (Lipinski definition) is 1. The van der Waals surface area contributed by atoms with E-state index in [2.05, 4.69) is 20.2 Å². The van der Waals surface area contributed by atoms with Gasteiger partial charge in [0.25, 0.3) is 5.56 Å². The van der Waals surface area contributed by atoms with E-state index >= 15 is 0 Å². The lowest BCUT2D eigenvalue weighted by Gasteiger charge is -2.05. The van der Waals surface area contributed by atoms with Crippen molar-refractivity contribution in [2.75, 3.05) is 0 Å². The molecule has 1 aromatic carbocycles. The summed E-state index contributed by atoms with van der Waals surface area (Å²) >= 11 is 0. The van der Waals surface area contributed by atoms with E-state index in [-0.39, 0.29) is 17.3 Å². The largest absolute Gasteiger partial charge is 0.421 e. The first-order chi connectivity index (χ1) is 10.6. The van der Waals surface area contributed by atoms with Gasteiger partial charge in [-0.3, -0.25) is 4.79 Å². The molecule has 22 heavy (non-hydrogen) atoms. The average Bonchev–Trinajstić information content (AvgIpc) is 2.53. The normalized spacial score (nSPS) is 10.5. The maximum atomic E-state index is 13.4. The van der Waals surface area contributed by atoms with E-state index in [4.69, 9.17) is 4.74 Å². The fourth-order valence-corrected chi connectivity index (χ4v) is 1.66.